The van der Waals surface area contributed by atoms with E-state index in [-0.39, 0.29) is 22.9 Å². The van der Waals surface area contributed by atoms with Crippen molar-refractivity contribution in [1.29, 1.82) is 0 Å². The second-order valence-electron chi connectivity index (χ2n) is 4.54. The number of halogens is 1. The summed E-state index contributed by atoms with van der Waals surface area (Å²) in [6.07, 6.45) is 0.522. The molecule has 0 aliphatic rings. The maximum absolute atomic E-state index is 12.2. The van der Waals surface area contributed by atoms with Crippen LogP contribution in [0.3, 0.4) is 0 Å². The summed E-state index contributed by atoms with van der Waals surface area (Å²) in [4.78, 5) is 22.5. The molecule has 0 heterocycles. The predicted molar refractivity (Wildman–Crippen MR) is 83.3 cm³/mol. The smallest absolute Gasteiger partial charge is 0.282 e. The van der Waals surface area contributed by atoms with Gasteiger partial charge < -0.3 is 10.4 Å². The fraction of sp³-hybridized carbons (Fsp3) is 0.133. The highest BCUT2D eigenvalue weighted by Gasteiger charge is 2.20. The Bertz CT molecular complexity index is 701. The number of hydrogen-bond acceptors (Lipinski definition) is 4. The Morgan fingerprint density at radius 2 is 1.91 bits per heavy atom. The summed E-state index contributed by atoms with van der Waals surface area (Å²) in [6.45, 7) is 0.0421. The number of nitrogens with zero attached hydrogens (tertiary/aromatic N) is 1. The van der Waals surface area contributed by atoms with E-state index in [4.69, 9.17) is 16.7 Å². The van der Waals surface area contributed by atoms with Gasteiger partial charge in [-0.1, -0.05) is 23.7 Å². The van der Waals surface area contributed by atoms with Crippen LogP contribution in [-0.2, 0) is 6.42 Å². The van der Waals surface area contributed by atoms with Gasteiger partial charge in [0.25, 0.3) is 11.6 Å². The number of aliphatic hydroxyl groups is 1. The summed E-state index contributed by atoms with van der Waals surface area (Å²) in [5, 5.41) is 22.6. The summed E-state index contributed by atoms with van der Waals surface area (Å²) in [6, 6.07) is 10.7. The van der Waals surface area contributed by atoms with E-state index in [2.05, 4.69) is 5.32 Å². The highest BCUT2D eigenvalue weighted by Crippen LogP contribution is 2.24. The van der Waals surface area contributed by atoms with Gasteiger partial charge in [-0.25, -0.2) is 0 Å². The molecule has 0 spiro atoms. The Balaban J connectivity index is 2.22. The molecular weight excluding hydrogens is 308 g/mol. The van der Waals surface area contributed by atoms with E-state index in [0.29, 0.717) is 12.1 Å². The quantitative estimate of drug-likeness (QED) is 0.654. The Hall–Kier alpha value is -2.44. The van der Waals surface area contributed by atoms with E-state index in [9.17, 15) is 14.9 Å². The third kappa shape index (κ3) is 3.81. The summed E-state index contributed by atoms with van der Waals surface area (Å²) in [5.74, 6) is -0.607. The molecule has 22 heavy (non-hydrogen) atoms. The maximum Gasteiger partial charge on any atom is 0.282 e. The van der Waals surface area contributed by atoms with Crippen molar-refractivity contribution in [3.63, 3.8) is 0 Å². The lowest BCUT2D eigenvalue weighted by Crippen LogP contribution is -2.14. The largest absolute Gasteiger partial charge is 0.396 e. The van der Waals surface area contributed by atoms with Crippen molar-refractivity contribution in [2.24, 2.45) is 0 Å². The summed E-state index contributed by atoms with van der Waals surface area (Å²) in [7, 11) is 0. The zero-order chi connectivity index (χ0) is 16.1. The molecule has 0 aliphatic heterocycles. The first-order valence-corrected chi connectivity index (χ1v) is 6.84. The lowest BCUT2D eigenvalue weighted by Gasteiger charge is -2.07. The Morgan fingerprint density at radius 3 is 2.50 bits per heavy atom. The average molecular weight is 321 g/mol. The predicted octanol–water partition coefficient (Wildman–Crippen LogP) is 3.04. The molecule has 0 aromatic heterocycles. The number of nitrogens with one attached hydrogen (secondary N) is 1. The molecule has 2 aromatic rings. The van der Waals surface area contributed by atoms with Crippen molar-refractivity contribution >= 4 is 28.9 Å². The molecule has 0 fully saturated rings. The van der Waals surface area contributed by atoms with Crippen molar-refractivity contribution in [3.05, 3.63) is 68.7 Å². The fourth-order valence-electron chi connectivity index (χ4n) is 1.93. The monoisotopic (exact) mass is 320 g/mol. The zero-order valence-electron chi connectivity index (χ0n) is 11.5. The number of aliphatic hydroxyl groups excluding tert-OH is 1. The van der Waals surface area contributed by atoms with Crippen LogP contribution < -0.4 is 5.32 Å². The van der Waals surface area contributed by atoms with Gasteiger partial charge in [-0.05, 0) is 36.2 Å². The standard InChI is InChI=1S/C15H13ClN2O4/c16-11-3-6-14(18(21)22)13(9-11)15(20)17-12-4-1-10(2-5-12)7-8-19/h1-6,9,19H,7-8H2,(H,17,20). The molecule has 2 N–H and O–H groups in total. The average Bonchev–Trinajstić information content (AvgIpc) is 2.49. The second kappa shape index (κ2) is 7.02. The van der Waals surface area contributed by atoms with Crippen LogP contribution in [0.15, 0.2) is 42.5 Å². The molecule has 0 atom stereocenters. The highest BCUT2D eigenvalue weighted by molar-refractivity contribution is 6.31. The number of hydrogen-bond donors (Lipinski definition) is 2. The second-order valence-corrected chi connectivity index (χ2v) is 4.98. The molecule has 2 rings (SSSR count). The molecule has 0 saturated carbocycles. The number of amides is 1. The minimum Gasteiger partial charge on any atom is -0.396 e. The molecule has 1 amide bonds. The first-order chi connectivity index (χ1) is 10.5. The number of carbonyl (C=O) groups is 1. The summed E-state index contributed by atoms with van der Waals surface area (Å²) >= 11 is 5.80. The van der Waals surface area contributed by atoms with Gasteiger partial charge in [0.2, 0.25) is 0 Å². The third-order valence-corrected chi connectivity index (χ3v) is 3.25. The molecule has 0 unspecified atom stereocenters. The summed E-state index contributed by atoms with van der Waals surface area (Å²) in [5.41, 5.74) is 1.02. The number of nitro groups is 1. The molecular formula is C15H13ClN2O4. The fourth-order valence-corrected chi connectivity index (χ4v) is 2.10. The molecule has 0 bridgehead atoms. The van der Waals surface area contributed by atoms with Gasteiger partial charge in [-0.15, -0.1) is 0 Å². The van der Waals surface area contributed by atoms with E-state index < -0.39 is 10.8 Å². The molecule has 0 saturated heterocycles. The molecule has 6 nitrogen and oxygen atoms in total. The SMILES string of the molecule is O=C(Nc1ccc(CCO)cc1)c1cc(Cl)ccc1[N+](=O)[O-]. The minimum atomic E-state index is -0.629. The van der Waals surface area contributed by atoms with Crippen LogP contribution in [0.1, 0.15) is 15.9 Å². The normalized spacial score (nSPS) is 10.3. The topological polar surface area (TPSA) is 92.5 Å². The lowest BCUT2D eigenvalue weighted by molar-refractivity contribution is -0.385. The van der Waals surface area contributed by atoms with E-state index in [1.807, 2.05) is 0 Å². The molecule has 0 radical (unpaired) electrons. The van der Waals surface area contributed by atoms with Crippen LogP contribution in [0.2, 0.25) is 5.02 Å². The highest BCUT2D eigenvalue weighted by atomic mass is 35.5. The van der Waals surface area contributed by atoms with Crippen molar-refractivity contribution in [1.82, 2.24) is 0 Å². The van der Waals surface area contributed by atoms with Gasteiger partial charge in [0.15, 0.2) is 0 Å². The van der Waals surface area contributed by atoms with Crippen LogP contribution in [0, 0.1) is 10.1 Å². The zero-order valence-corrected chi connectivity index (χ0v) is 12.2. The van der Waals surface area contributed by atoms with Crippen LogP contribution in [-0.4, -0.2) is 22.5 Å². The Labute approximate surface area is 131 Å². The van der Waals surface area contributed by atoms with E-state index >= 15 is 0 Å². The van der Waals surface area contributed by atoms with E-state index in [1.165, 1.54) is 18.2 Å². The third-order valence-electron chi connectivity index (χ3n) is 3.01. The maximum atomic E-state index is 12.2. The number of nitro benzene ring substituents is 1. The summed E-state index contributed by atoms with van der Waals surface area (Å²) < 4.78 is 0. The Morgan fingerprint density at radius 1 is 1.23 bits per heavy atom. The van der Waals surface area contributed by atoms with Gasteiger partial charge in [0, 0.05) is 23.4 Å². The van der Waals surface area contributed by atoms with Gasteiger partial charge in [-0.3, -0.25) is 14.9 Å². The first-order valence-electron chi connectivity index (χ1n) is 6.46. The molecule has 2 aromatic carbocycles. The molecule has 114 valence electrons. The number of rotatable bonds is 5. The minimum absolute atomic E-state index is 0.0421. The molecule has 7 heteroatoms. The van der Waals surface area contributed by atoms with Crippen molar-refractivity contribution in [2.75, 3.05) is 11.9 Å². The van der Waals surface area contributed by atoms with Crippen molar-refractivity contribution in [3.8, 4) is 0 Å². The van der Waals surface area contributed by atoms with Gasteiger partial charge in [0.05, 0.1) is 4.92 Å². The lowest BCUT2D eigenvalue weighted by atomic mass is 10.1. The van der Waals surface area contributed by atoms with Crippen LogP contribution in [0.4, 0.5) is 11.4 Å². The number of anilines is 1. The van der Waals surface area contributed by atoms with E-state index in [1.54, 1.807) is 24.3 Å². The van der Waals surface area contributed by atoms with Gasteiger partial charge in [0.1, 0.15) is 5.56 Å². The van der Waals surface area contributed by atoms with Crippen molar-refractivity contribution in [2.45, 2.75) is 6.42 Å². The first kappa shape index (κ1) is 15.9. The number of benzene rings is 2. The van der Waals surface area contributed by atoms with Crippen molar-refractivity contribution < 1.29 is 14.8 Å². The van der Waals surface area contributed by atoms with Crippen LogP contribution in [0.5, 0.6) is 0 Å². The van der Waals surface area contributed by atoms with Crippen LogP contribution in [0.25, 0.3) is 0 Å². The van der Waals surface area contributed by atoms with Gasteiger partial charge in [-0.2, -0.15) is 0 Å². The van der Waals surface area contributed by atoms with Gasteiger partial charge >= 0.3 is 0 Å². The Kier molecular flexibility index (Phi) is 5.08. The van der Waals surface area contributed by atoms with E-state index in [0.717, 1.165) is 5.56 Å². The molecule has 0 aliphatic carbocycles. The van der Waals surface area contributed by atoms with Crippen LogP contribution >= 0.6 is 11.6 Å². The number of carbonyl (C=O) groups excluding carboxylic acids is 1.